The SMILES string of the molecule is CC(O)(CNS(=O)(=O)c1cccc(F)c1)c1ccco1. The van der Waals surface area contributed by atoms with Gasteiger partial charge in [-0.05, 0) is 37.3 Å². The van der Waals surface area contributed by atoms with Gasteiger partial charge in [-0.1, -0.05) is 6.07 Å². The molecular formula is C13H14FNO4S. The summed E-state index contributed by atoms with van der Waals surface area (Å²) in [5.41, 5.74) is -1.50. The maximum atomic E-state index is 13.0. The molecule has 0 amide bonds. The molecular weight excluding hydrogens is 285 g/mol. The van der Waals surface area contributed by atoms with Crippen LogP contribution in [-0.4, -0.2) is 20.1 Å². The summed E-state index contributed by atoms with van der Waals surface area (Å²) in [6.07, 6.45) is 1.38. The van der Waals surface area contributed by atoms with Crippen LogP contribution in [0.1, 0.15) is 12.7 Å². The minimum Gasteiger partial charge on any atom is -0.466 e. The van der Waals surface area contributed by atoms with Crippen LogP contribution in [0.4, 0.5) is 4.39 Å². The van der Waals surface area contributed by atoms with Crippen LogP contribution in [-0.2, 0) is 15.6 Å². The summed E-state index contributed by atoms with van der Waals surface area (Å²) in [6.45, 7) is 1.12. The summed E-state index contributed by atoms with van der Waals surface area (Å²) in [6, 6.07) is 7.75. The Morgan fingerprint density at radius 1 is 1.35 bits per heavy atom. The zero-order chi connectivity index (χ0) is 14.8. The highest BCUT2D eigenvalue weighted by atomic mass is 32.2. The van der Waals surface area contributed by atoms with Crippen molar-refractivity contribution < 1.29 is 22.3 Å². The summed E-state index contributed by atoms with van der Waals surface area (Å²) in [7, 11) is -3.90. The van der Waals surface area contributed by atoms with Crippen molar-refractivity contribution in [1.29, 1.82) is 0 Å². The predicted molar refractivity (Wildman–Crippen MR) is 69.9 cm³/mol. The van der Waals surface area contributed by atoms with Crippen molar-refractivity contribution in [1.82, 2.24) is 4.72 Å². The quantitative estimate of drug-likeness (QED) is 0.879. The van der Waals surface area contributed by atoms with Gasteiger partial charge >= 0.3 is 0 Å². The van der Waals surface area contributed by atoms with Gasteiger partial charge in [0, 0.05) is 6.54 Å². The van der Waals surface area contributed by atoms with Gasteiger partial charge in [0.05, 0.1) is 11.2 Å². The van der Waals surface area contributed by atoms with Gasteiger partial charge in [0.15, 0.2) is 0 Å². The maximum Gasteiger partial charge on any atom is 0.240 e. The van der Waals surface area contributed by atoms with Crippen molar-refractivity contribution in [2.45, 2.75) is 17.4 Å². The van der Waals surface area contributed by atoms with Gasteiger partial charge in [-0.2, -0.15) is 0 Å². The second-order valence-electron chi connectivity index (χ2n) is 4.53. The van der Waals surface area contributed by atoms with E-state index in [2.05, 4.69) is 4.72 Å². The average molecular weight is 299 g/mol. The van der Waals surface area contributed by atoms with Gasteiger partial charge in [-0.15, -0.1) is 0 Å². The lowest BCUT2D eigenvalue weighted by molar-refractivity contribution is 0.0395. The normalized spacial score (nSPS) is 14.9. The molecule has 2 N–H and O–H groups in total. The Morgan fingerprint density at radius 3 is 2.70 bits per heavy atom. The molecule has 0 bridgehead atoms. The van der Waals surface area contributed by atoms with Crippen LogP contribution < -0.4 is 4.72 Å². The van der Waals surface area contributed by atoms with E-state index in [0.717, 1.165) is 12.1 Å². The lowest BCUT2D eigenvalue weighted by atomic mass is 10.1. The van der Waals surface area contributed by atoms with Crippen LogP contribution in [0, 0.1) is 5.82 Å². The Hall–Kier alpha value is -1.70. The van der Waals surface area contributed by atoms with Crippen molar-refractivity contribution in [3.8, 4) is 0 Å². The van der Waals surface area contributed by atoms with Crippen LogP contribution in [0.25, 0.3) is 0 Å². The summed E-state index contributed by atoms with van der Waals surface area (Å²) in [5, 5.41) is 10.1. The van der Waals surface area contributed by atoms with Crippen LogP contribution in [0.5, 0.6) is 0 Å². The highest BCUT2D eigenvalue weighted by Gasteiger charge is 2.28. The minimum atomic E-state index is -3.90. The number of hydrogen-bond donors (Lipinski definition) is 2. The summed E-state index contributed by atoms with van der Waals surface area (Å²) < 4.78 is 44.3. The number of benzene rings is 1. The van der Waals surface area contributed by atoms with Gasteiger partial charge in [-0.25, -0.2) is 17.5 Å². The van der Waals surface area contributed by atoms with E-state index in [9.17, 15) is 17.9 Å². The van der Waals surface area contributed by atoms with Crippen LogP contribution in [0.15, 0.2) is 52.0 Å². The summed E-state index contributed by atoms with van der Waals surface area (Å²) in [5.74, 6) is -0.412. The third kappa shape index (κ3) is 3.24. The molecule has 1 heterocycles. The molecule has 5 nitrogen and oxygen atoms in total. The second kappa shape index (κ2) is 5.35. The van der Waals surface area contributed by atoms with E-state index in [1.54, 1.807) is 6.07 Å². The number of rotatable bonds is 5. The molecule has 1 aromatic heterocycles. The van der Waals surface area contributed by atoms with Crippen molar-refractivity contribution in [2.24, 2.45) is 0 Å². The van der Waals surface area contributed by atoms with Crippen molar-refractivity contribution in [3.05, 3.63) is 54.2 Å². The van der Waals surface area contributed by atoms with Crippen LogP contribution in [0.3, 0.4) is 0 Å². The van der Waals surface area contributed by atoms with E-state index in [1.165, 1.54) is 31.4 Å². The van der Waals surface area contributed by atoms with E-state index in [4.69, 9.17) is 4.42 Å². The molecule has 2 rings (SSSR count). The fourth-order valence-electron chi connectivity index (χ4n) is 1.63. The molecule has 7 heteroatoms. The van der Waals surface area contributed by atoms with Gasteiger partial charge in [0.2, 0.25) is 10.0 Å². The van der Waals surface area contributed by atoms with E-state index in [-0.39, 0.29) is 17.2 Å². The zero-order valence-corrected chi connectivity index (χ0v) is 11.5. The molecule has 0 saturated heterocycles. The predicted octanol–water partition coefficient (Wildman–Crippen LogP) is 1.60. The first kappa shape index (κ1) is 14.7. The van der Waals surface area contributed by atoms with Gasteiger partial charge in [0.1, 0.15) is 17.2 Å². The molecule has 1 aromatic carbocycles. The minimum absolute atomic E-state index is 0.201. The van der Waals surface area contributed by atoms with E-state index in [1.807, 2.05) is 0 Å². The Balaban J connectivity index is 2.14. The second-order valence-corrected chi connectivity index (χ2v) is 6.30. The molecule has 0 aliphatic rings. The molecule has 1 atom stereocenters. The molecule has 2 aromatic rings. The molecule has 1 unspecified atom stereocenters. The number of aliphatic hydroxyl groups is 1. The molecule has 0 fully saturated rings. The lowest BCUT2D eigenvalue weighted by Gasteiger charge is -2.21. The molecule has 0 aliphatic heterocycles. The van der Waals surface area contributed by atoms with Crippen molar-refractivity contribution >= 4 is 10.0 Å². The van der Waals surface area contributed by atoms with Gasteiger partial charge in [-0.3, -0.25) is 0 Å². The highest BCUT2D eigenvalue weighted by molar-refractivity contribution is 7.89. The molecule has 108 valence electrons. The molecule has 20 heavy (non-hydrogen) atoms. The van der Waals surface area contributed by atoms with E-state index < -0.39 is 21.4 Å². The largest absolute Gasteiger partial charge is 0.466 e. The Morgan fingerprint density at radius 2 is 2.10 bits per heavy atom. The van der Waals surface area contributed by atoms with Gasteiger partial charge < -0.3 is 9.52 Å². The lowest BCUT2D eigenvalue weighted by Crippen LogP contribution is -2.38. The number of sulfonamides is 1. The zero-order valence-electron chi connectivity index (χ0n) is 10.7. The number of furan rings is 1. The third-order valence-electron chi connectivity index (χ3n) is 2.76. The Kier molecular flexibility index (Phi) is 3.94. The monoisotopic (exact) mass is 299 g/mol. The molecule has 0 spiro atoms. The average Bonchev–Trinajstić information content (AvgIpc) is 2.91. The topological polar surface area (TPSA) is 79.5 Å². The van der Waals surface area contributed by atoms with E-state index in [0.29, 0.717) is 0 Å². The van der Waals surface area contributed by atoms with Crippen molar-refractivity contribution in [2.75, 3.05) is 6.54 Å². The first-order valence-electron chi connectivity index (χ1n) is 5.83. The number of nitrogens with one attached hydrogen (secondary N) is 1. The summed E-state index contributed by atoms with van der Waals surface area (Å²) >= 11 is 0. The molecule has 0 saturated carbocycles. The Labute approximate surface area is 116 Å². The first-order valence-corrected chi connectivity index (χ1v) is 7.31. The van der Waals surface area contributed by atoms with Gasteiger partial charge in [0.25, 0.3) is 0 Å². The number of halogens is 1. The van der Waals surface area contributed by atoms with E-state index >= 15 is 0 Å². The fraction of sp³-hybridized carbons (Fsp3) is 0.231. The fourth-order valence-corrected chi connectivity index (χ4v) is 2.79. The third-order valence-corrected chi connectivity index (χ3v) is 4.16. The highest BCUT2D eigenvalue weighted by Crippen LogP contribution is 2.21. The molecule has 0 aliphatic carbocycles. The Bertz CT molecular complexity index is 680. The van der Waals surface area contributed by atoms with Crippen LogP contribution >= 0.6 is 0 Å². The van der Waals surface area contributed by atoms with Crippen molar-refractivity contribution in [3.63, 3.8) is 0 Å². The smallest absolute Gasteiger partial charge is 0.240 e. The maximum absolute atomic E-state index is 13.0. The van der Waals surface area contributed by atoms with Crippen LogP contribution in [0.2, 0.25) is 0 Å². The first-order chi connectivity index (χ1) is 9.31. The number of hydrogen-bond acceptors (Lipinski definition) is 4. The summed E-state index contributed by atoms with van der Waals surface area (Å²) in [4.78, 5) is -0.201. The molecule has 0 radical (unpaired) electrons. The standard InChI is InChI=1S/C13H14FNO4S/c1-13(16,12-6-3-7-19-12)9-15-20(17,18)11-5-2-4-10(14)8-11/h2-8,15-16H,9H2,1H3.